The van der Waals surface area contributed by atoms with Crippen molar-refractivity contribution >= 4 is 17.9 Å². The molecular formula is C7H11N5O. The Kier molecular flexibility index (Phi) is 2.32. The molecule has 1 rings (SSSR count). The van der Waals surface area contributed by atoms with Crippen molar-refractivity contribution in [2.24, 2.45) is 17.8 Å². The number of nitrogen functional groups attached to an aromatic ring is 1. The van der Waals surface area contributed by atoms with Crippen LogP contribution in [0.5, 0.6) is 0 Å². The average molecular weight is 181 g/mol. The highest BCUT2D eigenvalue weighted by Crippen LogP contribution is 2.12. The minimum Gasteiger partial charge on any atom is -0.382 e. The van der Waals surface area contributed by atoms with Crippen LogP contribution >= 0.6 is 0 Å². The number of nitrogens with zero attached hydrogens (tertiary/aromatic N) is 2. The molecule has 0 aliphatic carbocycles. The number of hydrogen-bond donors (Lipinski definition) is 3. The SMILES string of the molecule is C/C=N\c1c(C(=N)N)[nH]c(=O)n1C. The third-order valence-corrected chi connectivity index (χ3v) is 1.60. The van der Waals surface area contributed by atoms with Crippen LogP contribution < -0.4 is 11.4 Å². The zero-order valence-corrected chi connectivity index (χ0v) is 7.46. The van der Waals surface area contributed by atoms with Crippen molar-refractivity contribution in [3.8, 4) is 0 Å². The van der Waals surface area contributed by atoms with E-state index in [1.807, 2.05) is 0 Å². The Morgan fingerprint density at radius 1 is 1.77 bits per heavy atom. The molecule has 0 fully saturated rings. The summed E-state index contributed by atoms with van der Waals surface area (Å²) in [5.41, 5.74) is 5.18. The van der Waals surface area contributed by atoms with Gasteiger partial charge in [-0.3, -0.25) is 9.98 Å². The molecule has 0 radical (unpaired) electrons. The van der Waals surface area contributed by atoms with E-state index in [1.165, 1.54) is 10.8 Å². The number of H-pyrrole nitrogens is 1. The first-order chi connectivity index (χ1) is 6.07. The van der Waals surface area contributed by atoms with Crippen LogP contribution in [0.3, 0.4) is 0 Å². The Hall–Kier alpha value is -1.85. The van der Waals surface area contributed by atoms with Gasteiger partial charge in [-0.2, -0.15) is 0 Å². The van der Waals surface area contributed by atoms with Crippen molar-refractivity contribution in [1.82, 2.24) is 9.55 Å². The summed E-state index contributed by atoms with van der Waals surface area (Å²) < 4.78 is 1.30. The standard InChI is InChI=1S/C7H11N5O/c1-3-10-6-4(5(8)9)11-7(13)12(6)2/h3H,1-2H3,(H3,8,9)(H,11,13)/b10-3-. The third kappa shape index (κ3) is 1.51. The number of aromatic amines is 1. The average Bonchev–Trinajstić information content (AvgIpc) is 2.33. The third-order valence-electron chi connectivity index (χ3n) is 1.60. The number of amidine groups is 1. The van der Waals surface area contributed by atoms with Crippen LogP contribution in [0.2, 0.25) is 0 Å². The fraction of sp³-hybridized carbons (Fsp3) is 0.286. The van der Waals surface area contributed by atoms with Gasteiger partial charge in [0.15, 0.2) is 5.82 Å². The highest BCUT2D eigenvalue weighted by Gasteiger charge is 2.11. The van der Waals surface area contributed by atoms with E-state index in [0.717, 1.165) is 0 Å². The van der Waals surface area contributed by atoms with E-state index in [2.05, 4.69) is 9.98 Å². The second kappa shape index (κ2) is 3.26. The van der Waals surface area contributed by atoms with Gasteiger partial charge in [-0.15, -0.1) is 0 Å². The maximum Gasteiger partial charge on any atom is 0.327 e. The number of hydrogen-bond acceptors (Lipinski definition) is 3. The Balaban J connectivity index is 3.44. The molecule has 13 heavy (non-hydrogen) atoms. The topological polar surface area (TPSA) is 100 Å². The fourth-order valence-electron chi connectivity index (χ4n) is 0.972. The summed E-state index contributed by atoms with van der Waals surface area (Å²) in [5.74, 6) is 0.179. The van der Waals surface area contributed by atoms with Gasteiger partial charge in [0.1, 0.15) is 11.5 Å². The Labute approximate surface area is 74.6 Å². The number of rotatable bonds is 2. The molecule has 0 saturated carbocycles. The van der Waals surface area contributed by atoms with Crippen LogP contribution in [-0.2, 0) is 7.05 Å². The normalized spacial score (nSPS) is 10.9. The Morgan fingerprint density at radius 2 is 2.38 bits per heavy atom. The summed E-state index contributed by atoms with van der Waals surface area (Å²) in [7, 11) is 1.56. The van der Waals surface area contributed by atoms with Crippen molar-refractivity contribution in [2.75, 3.05) is 0 Å². The van der Waals surface area contributed by atoms with Crippen molar-refractivity contribution < 1.29 is 0 Å². The van der Waals surface area contributed by atoms with Crippen LogP contribution in [0.25, 0.3) is 0 Å². The minimum absolute atomic E-state index is 0.196. The van der Waals surface area contributed by atoms with Gasteiger partial charge in [-0.25, -0.2) is 9.79 Å². The highest BCUT2D eigenvalue weighted by molar-refractivity contribution is 5.97. The smallest absolute Gasteiger partial charge is 0.327 e. The molecule has 6 nitrogen and oxygen atoms in total. The molecule has 0 unspecified atom stereocenters. The minimum atomic E-state index is -0.328. The van der Waals surface area contributed by atoms with Gasteiger partial charge >= 0.3 is 5.69 Å². The lowest BCUT2D eigenvalue weighted by molar-refractivity contribution is 0.863. The van der Waals surface area contributed by atoms with Crippen molar-refractivity contribution in [3.05, 3.63) is 16.2 Å². The van der Waals surface area contributed by atoms with Gasteiger partial charge in [0, 0.05) is 13.3 Å². The molecule has 0 bridgehead atoms. The first kappa shape index (κ1) is 9.24. The highest BCUT2D eigenvalue weighted by atomic mass is 16.1. The molecule has 0 spiro atoms. The van der Waals surface area contributed by atoms with E-state index in [0.29, 0.717) is 5.82 Å². The molecule has 0 aliphatic rings. The molecule has 1 aromatic heterocycles. The lowest BCUT2D eigenvalue weighted by atomic mass is 10.4. The van der Waals surface area contributed by atoms with Crippen molar-refractivity contribution in [3.63, 3.8) is 0 Å². The molecule has 4 N–H and O–H groups in total. The van der Waals surface area contributed by atoms with Gasteiger partial charge in [0.2, 0.25) is 0 Å². The molecule has 0 saturated heterocycles. The zero-order chi connectivity index (χ0) is 10.0. The summed E-state index contributed by atoms with van der Waals surface area (Å²) in [6.45, 7) is 1.72. The van der Waals surface area contributed by atoms with E-state index in [1.54, 1.807) is 14.0 Å². The molecule has 1 aromatic rings. The number of aliphatic imine (C=N–C) groups is 1. The molecule has 70 valence electrons. The summed E-state index contributed by atoms with van der Waals surface area (Å²) >= 11 is 0. The monoisotopic (exact) mass is 181 g/mol. The predicted octanol–water partition coefficient (Wildman–Crippen LogP) is -0.280. The van der Waals surface area contributed by atoms with Crippen LogP contribution in [0, 0.1) is 5.41 Å². The van der Waals surface area contributed by atoms with Crippen molar-refractivity contribution in [2.45, 2.75) is 6.92 Å². The predicted molar refractivity (Wildman–Crippen MR) is 50.9 cm³/mol. The quantitative estimate of drug-likeness (QED) is 0.431. The van der Waals surface area contributed by atoms with E-state index in [4.69, 9.17) is 11.1 Å². The van der Waals surface area contributed by atoms with Crippen LogP contribution in [0.15, 0.2) is 9.79 Å². The zero-order valence-electron chi connectivity index (χ0n) is 7.46. The maximum absolute atomic E-state index is 11.1. The second-order valence-corrected chi connectivity index (χ2v) is 2.49. The molecule has 0 aliphatic heterocycles. The lowest BCUT2D eigenvalue weighted by Crippen LogP contribution is -2.14. The number of nitrogens with two attached hydrogens (primary N) is 1. The van der Waals surface area contributed by atoms with Crippen molar-refractivity contribution in [1.29, 1.82) is 5.41 Å². The van der Waals surface area contributed by atoms with Crippen LogP contribution in [-0.4, -0.2) is 21.6 Å². The Bertz CT molecular complexity index is 411. The molecule has 6 heteroatoms. The molecular weight excluding hydrogens is 170 g/mol. The van der Waals surface area contributed by atoms with Gasteiger partial charge in [0.05, 0.1) is 0 Å². The van der Waals surface area contributed by atoms with E-state index in [-0.39, 0.29) is 17.2 Å². The first-order valence-electron chi connectivity index (χ1n) is 3.70. The number of aromatic nitrogens is 2. The maximum atomic E-state index is 11.1. The Morgan fingerprint density at radius 3 is 2.85 bits per heavy atom. The number of imidazole rings is 1. The van der Waals surface area contributed by atoms with Gasteiger partial charge in [0.25, 0.3) is 0 Å². The van der Waals surface area contributed by atoms with Gasteiger partial charge in [-0.1, -0.05) is 0 Å². The summed E-state index contributed by atoms with van der Waals surface area (Å²) in [5, 5.41) is 7.19. The molecule has 0 aromatic carbocycles. The lowest BCUT2D eigenvalue weighted by Gasteiger charge is -1.96. The molecule has 0 atom stereocenters. The van der Waals surface area contributed by atoms with Crippen LogP contribution in [0.1, 0.15) is 12.6 Å². The largest absolute Gasteiger partial charge is 0.382 e. The van der Waals surface area contributed by atoms with E-state index < -0.39 is 0 Å². The first-order valence-corrected chi connectivity index (χ1v) is 3.70. The van der Waals surface area contributed by atoms with Crippen LogP contribution in [0.4, 0.5) is 5.82 Å². The fourth-order valence-corrected chi connectivity index (χ4v) is 0.972. The van der Waals surface area contributed by atoms with E-state index in [9.17, 15) is 4.79 Å². The molecule has 0 amide bonds. The second-order valence-electron chi connectivity index (χ2n) is 2.49. The van der Waals surface area contributed by atoms with E-state index >= 15 is 0 Å². The summed E-state index contributed by atoms with van der Waals surface area (Å²) in [6.07, 6.45) is 1.54. The summed E-state index contributed by atoms with van der Waals surface area (Å²) in [6, 6.07) is 0. The molecule has 1 heterocycles. The van der Waals surface area contributed by atoms with Gasteiger partial charge < -0.3 is 10.7 Å². The van der Waals surface area contributed by atoms with Gasteiger partial charge in [-0.05, 0) is 6.92 Å². The summed E-state index contributed by atoms with van der Waals surface area (Å²) in [4.78, 5) is 17.5. The number of nitrogens with one attached hydrogen (secondary N) is 2.